The van der Waals surface area contributed by atoms with Gasteiger partial charge in [0.1, 0.15) is 0 Å². The lowest BCUT2D eigenvalue weighted by Gasteiger charge is -2.47. The van der Waals surface area contributed by atoms with Gasteiger partial charge in [-0.3, -0.25) is 4.99 Å². The SMILES string of the molecule is CC(C)(O)[C@@]1(C)C[C@@](C)(c2cc(N)cc(F)c2F)N=C(N)S1. The van der Waals surface area contributed by atoms with E-state index in [1.165, 1.54) is 17.8 Å². The number of aliphatic hydroxyl groups is 1. The zero-order valence-corrected chi connectivity index (χ0v) is 13.9. The third-order valence-electron chi connectivity index (χ3n) is 4.29. The molecule has 122 valence electrons. The summed E-state index contributed by atoms with van der Waals surface area (Å²) in [6, 6.07) is 2.30. The fourth-order valence-electron chi connectivity index (χ4n) is 2.73. The van der Waals surface area contributed by atoms with E-state index in [1.54, 1.807) is 20.8 Å². The Hall–Kier alpha value is -1.34. The third kappa shape index (κ3) is 2.79. The van der Waals surface area contributed by atoms with Crippen molar-refractivity contribution in [1.82, 2.24) is 0 Å². The Morgan fingerprint density at radius 3 is 2.41 bits per heavy atom. The number of rotatable bonds is 2. The van der Waals surface area contributed by atoms with Crippen LogP contribution in [0.15, 0.2) is 17.1 Å². The van der Waals surface area contributed by atoms with Gasteiger partial charge in [-0.2, -0.15) is 0 Å². The van der Waals surface area contributed by atoms with Crippen molar-refractivity contribution in [3.63, 3.8) is 0 Å². The Bertz CT molecular complexity index is 644. The molecule has 1 aliphatic rings. The van der Waals surface area contributed by atoms with Crippen LogP contribution in [0.1, 0.15) is 39.7 Å². The summed E-state index contributed by atoms with van der Waals surface area (Å²) in [5, 5.41) is 10.7. The van der Waals surface area contributed by atoms with E-state index in [0.29, 0.717) is 0 Å². The number of nitrogens with zero attached hydrogens (tertiary/aromatic N) is 1. The van der Waals surface area contributed by atoms with E-state index in [0.717, 1.165) is 6.07 Å². The first-order valence-electron chi connectivity index (χ1n) is 6.90. The van der Waals surface area contributed by atoms with Gasteiger partial charge in [0.15, 0.2) is 16.8 Å². The molecule has 1 aromatic carbocycles. The molecule has 0 saturated carbocycles. The number of anilines is 1. The predicted molar refractivity (Wildman–Crippen MR) is 86.7 cm³/mol. The third-order valence-corrected chi connectivity index (χ3v) is 5.69. The molecular formula is C15H21F2N3OS. The van der Waals surface area contributed by atoms with Crippen molar-refractivity contribution in [2.75, 3.05) is 5.73 Å². The first-order valence-corrected chi connectivity index (χ1v) is 7.71. The van der Waals surface area contributed by atoms with E-state index in [4.69, 9.17) is 11.5 Å². The Balaban J connectivity index is 2.61. The molecule has 0 saturated heterocycles. The van der Waals surface area contributed by atoms with Gasteiger partial charge in [-0.05, 0) is 46.2 Å². The molecule has 2 rings (SSSR count). The second-order valence-corrected chi connectivity index (χ2v) is 8.18. The van der Waals surface area contributed by atoms with Crippen molar-refractivity contribution < 1.29 is 13.9 Å². The van der Waals surface area contributed by atoms with Crippen molar-refractivity contribution in [3.8, 4) is 0 Å². The topological polar surface area (TPSA) is 84.6 Å². The standard InChI is InChI=1S/C15H21F2N3OS/c1-13(2,21)15(4)7-14(3,20-12(19)22-15)9-5-8(18)6-10(16)11(9)17/h5-6,21H,7,18H2,1-4H3,(H2,19,20)/t14-,15+/m0/s1. The van der Waals surface area contributed by atoms with Gasteiger partial charge in [-0.1, -0.05) is 11.8 Å². The van der Waals surface area contributed by atoms with Crippen molar-refractivity contribution in [1.29, 1.82) is 0 Å². The maximum absolute atomic E-state index is 14.3. The molecular weight excluding hydrogens is 308 g/mol. The molecule has 1 heterocycles. The summed E-state index contributed by atoms with van der Waals surface area (Å²) in [7, 11) is 0. The van der Waals surface area contributed by atoms with Crippen LogP contribution in [-0.2, 0) is 5.54 Å². The van der Waals surface area contributed by atoms with Gasteiger partial charge in [-0.15, -0.1) is 0 Å². The molecule has 5 N–H and O–H groups in total. The number of nitrogens with two attached hydrogens (primary N) is 2. The van der Waals surface area contributed by atoms with Crippen LogP contribution < -0.4 is 11.5 Å². The summed E-state index contributed by atoms with van der Waals surface area (Å²) in [5.41, 5.74) is 9.51. The van der Waals surface area contributed by atoms with Crippen LogP contribution in [0.3, 0.4) is 0 Å². The van der Waals surface area contributed by atoms with Crippen LogP contribution in [0.5, 0.6) is 0 Å². The van der Waals surface area contributed by atoms with Gasteiger partial charge in [0.2, 0.25) is 0 Å². The smallest absolute Gasteiger partial charge is 0.164 e. The zero-order valence-electron chi connectivity index (χ0n) is 13.1. The Morgan fingerprint density at radius 1 is 1.27 bits per heavy atom. The largest absolute Gasteiger partial charge is 0.399 e. The molecule has 0 amide bonds. The average molecular weight is 329 g/mol. The molecule has 1 aromatic rings. The van der Waals surface area contributed by atoms with E-state index < -0.39 is 27.5 Å². The molecule has 0 radical (unpaired) electrons. The van der Waals surface area contributed by atoms with E-state index in [-0.39, 0.29) is 22.8 Å². The number of halogens is 2. The minimum absolute atomic E-state index is 0.0451. The van der Waals surface area contributed by atoms with Crippen LogP contribution in [-0.4, -0.2) is 20.6 Å². The maximum Gasteiger partial charge on any atom is 0.164 e. The van der Waals surface area contributed by atoms with Crippen LogP contribution in [0, 0.1) is 11.6 Å². The monoisotopic (exact) mass is 329 g/mol. The number of hydrogen-bond donors (Lipinski definition) is 3. The van der Waals surface area contributed by atoms with Crippen molar-refractivity contribution in [3.05, 3.63) is 29.3 Å². The van der Waals surface area contributed by atoms with Crippen molar-refractivity contribution in [2.24, 2.45) is 10.7 Å². The summed E-state index contributed by atoms with van der Waals surface area (Å²) in [6.45, 7) is 6.82. The molecule has 7 heteroatoms. The van der Waals surface area contributed by atoms with Gasteiger partial charge in [0, 0.05) is 11.3 Å². The Morgan fingerprint density at radius 2 is 1.86 bits per heavy atom. The fourth-order valence-corrected chi connectivity index (χ4v) is 4.04. The second-order valence-electron chi connectivity index (χ2n) is 6.66. The predicted octanol–water partition coefficient (Wildman–Crippen LogP) is 2.74. The highest BCUT2D eigenvalue weighted by Crippen LogP contribution is 2.50. The van der Waals surface area contributed by atoms with Gasteiger partial charge in [-0.25, -0.2) is 8.78 Å². The highest BCUT2D eigenvalue weighted by atomic mass is 32.2. The molecule has 0 bridgehead atoms. The lowest BCUT2D eigenvalue weighted by atomic mass is 9.77. The first-order chi connectivity index (χ1) is 9.88. The Kier molecular flexibility index (Phi) is 3.94. The Labute approximate surface area is 133 Å². The summed E-state index contributed by atoms with van der Waals surface area (Å²) in [4.78, 5) is 4.32. The number of thioether (sulfide) groups is 1. The van der Waals surface area contributed by atoms with Crippen LogP contribution >= 0.6 is 11.8 Å². The van der Waals surface area contributed by atoms with Crippen LogP contribution in [0.2, 0.25) is 0 Å². The maximum atomic E-state index is 14.3. The van der Waals surface area contributed by atoms with Gasteiger partial charge < -0.3 is 16.6 Å². The van der Waals surface area contributed by atoms with Crippen LogP contribution in [0.25, 0.3) is 0 Å². The molecule has 1 aliphatic heterocycles. The molecule has 0 unspecified atom stereocenters. The summed E-state index contributed by atoms with van der Waals surface area (Å²) >= 11 is 1.24. The normalized spacial score (nSPS) is 29.3. The minimum atomic E-state index is -1.11. The molecule has 22 heavy (non-hydrogen) atoms. The highest BCUT2D eigenvalue weighted by Gasteiger charge is 2.50. The van der Waals surface area contributed by atoms with Crippen molar-refractivity contribution in [2.45, 2.75) is 50.0 Å². The number of aliphatic imine (C=N–C) groups is 1. The van der Waals surface area contributed by atoms with Gasteiger partial charge in [0.25, 0.3) is 0 Å². The molecule has 2 atom stereocenters. The van der Waals surface area contributed by atoms with Gasteiger partial charge >= 0.3 is 0 Å². The number of benzene rings is 1. The van der Waals surface area contributed by atoms with Crippen molar-refractivity contribution >= 4 is 22.6 Å². The minimum Gasteiger partial charge on any atom is -0.399 e. The summed E-state index contributed by atoms with van der Waals surface area (Å²) in [5.74, 6) is -2.01. The van der Waals surface area contributed by atoms with E-state index in [9.17, 15) is 13.9 Å². The average Bonchev–Trinajstić information content (AvgIpc) is 2.30. The summed E-state index contributed by atoms with van der Waals surface area (Å²) in [6.07, 6.45) is 0.286. The van der Waals surface area contributed by atoms with Crippen LogP contribution in [0.4, 0.5) is 14.5 Å². The highest BCUT2D eigenvalue weighted by molar-refractivity contribution is 8.15. The first kappa shape index (κ1) is 17.0. The lowest BCUT2D eigenvalue weighted by Crippen LogP contribution is -2.52. The number of hydrogen-bond acceptors (Lipinski definition) is 5. The van der Waals surface area contributed by atoms with E-state index >= 15 is 0 Å². The fraction of sp³-hybridized carbons (Fsp3) is 0.533. The number of amidine groups is 1. The van der Waals surface area contributed by atoms with Gasteiger partial charge in [0.05, 0.1) is 15.9 Å². The number of nitrogen functional groups attached to an aromatic ring is 1. The molecule has 0 aliphatic carbocycles. The molecule has 4 nitrogen and oxygen atoms in total. The van der Waals surface area contributed by atoms with E-state index in [2.05, 4.69) is 4.99 Å². The molecule has 0 aromatic heterocycles. The quantitative estimate of drug-likeness (QED) is 0.728. The summed E-state index contributed by atoms with van der Waals surface area (Å²) < 4.78 is 27.3. The zero-order chi connectivity index (χ0) is 16.9. The lowest BCUT2D eigenvalue weighted by molar-refractivity contribution is 0.0307. The second kappa shape index (κ2) is 5.09. The molecule has 0 fully saturated rings. The molecule has 0 spiro atoms. The van der Waals surface area contributed by atoms with E-state index in [1.807, 2.05) is 6.92 Å².